The highest BCUT2D eigenvalue weighted by Gasteiger charge is 2.25. The summed E-state index contributed by atoms with van der Waals surface area (Å²) in [5.41, 5.74) is 2.82. The molecule has 0 spiro atoms. The Balaban J connectivity index is 1.46. The molecule has 1 aliphatic rings. The zero-order valence-electron chi connectivity index (χ0n) is 15.3. The molecule has 9 heteroatoms. The van der Waals surface area contributed by atoms with Crippen LogP contribution >= 0.6 is 0 Å². The lowest BCUT2D eigenvalue weighted by molar-refractivity contribution is -0.384. The highest BCUT2D eigenvalue weighted by atomic mass is 16.6. The molecule has 1 aliphatic heterocycles. The summed E-state index contributed by atoms with van der Waals surface area (Å²) in [6.45, 7) is 0.0422. The van der Waals surface area contributed by atoms with Crippen molar-refractivity contribution in [3.8, 4) is 0 Å². The van der Waals surface area contributed by atoms with Gasteiger partial charge in [0.15, 0.2) is 6.61 Å². The first-order chi connectivity index (χ1) is 14.0. The Morgan fingerprint density at radius 1 is 1.10 bits per heavy atom. The van der Waals surface area contributed by atoms with E-state index in [4.69, 9.17) is 4.74 Å². The number of nitrogens with zero attached hydrogens (tertiary/aromatic N) is 4. The van der Waals surface area contributed by atoms with Gasteiger partial charge in [0, 0.05) is 36.8 Å². The summed E-state index contributed by atoms with van der Waals surface area (Å²) in [5, 5.41) is 11.0. The van der Waals surface area contributed by atoms with Gasteiger partial charge in [0.1, 0.15) is 0 Å². The summed E-state index contributed by atoms with van der Waals surface area (Å²) in [6.07, 6.45) is 4.42. The number of non-ortho nitro benzene ring substituents is 1. The molecule has 0 saturated carbocycles. The monoisotopic (exact) mass is 392 g/mol. The molecule has 0 bridgehead atoms. The van der Waals surface area contributed by atoms with E-state index in [0.29, 0.717) is 36.1 Å². The number of ether oxygens (including phenoxy) is 1. The fraction of sp³-hybridized carbons (Fsp3) is 0.200. The number of amides is 1. The van der Waals surface area contributed by atoms with E-state index in [1.807, 2.05) is 0 Å². The van der Waals surface area contributed by atoms with Gasteiger partial charge in [0.2, 0.25) is 0 Å². The van der Waals surface area contributed by atoms with E-state index in [1.165, 1.54) is 23.2 Å². The maximum Gasteiger partial charge on any atom is 0.338 e. The molecule has 4 rings (SSSR count). The Morgan fingerprint density at radius 2 is 1.90 bits per heavy atom. The van der Waals surface area contributed by atoms with E-state index in [1.54, 1.807) is 30.5 Å². The Hall–Kier alpha value is -3.88. The molecule has 1 aromatic heterocycles. The Bertz CT molecular complexity index is 1130. The van der Waals surface area contributed by atoms with Crippen molar-refractivity contribution in [1.29, 1.82) is 0 Å². The number of rotatable bonds is 4. The number of aryl methyl sites for hydroxylation is 1. The number of hydrogen-bond acceptors (Lipinski definition) is 7. The van der Waals surface area contributed by atoms with Gasteiger partial charge >= 0.3 is 5.97 Å². The van der Waals surface area contributed by atoms with E-state index in [-0.39, 0.29) is 17.2 Å². The SMILES string of the molecule is O=C(OCC(=O)N1CCCc2cc([N+](=O)[O-])ccc21)c1ccc2nccnc2c1. The predicted molar refractivity (Wildman–Crippen MR) is 104 cm³/mol. The third-order valence-corrected chi connectivity index (χ3v) is 4.73. The van der Waals surface area contributed by atoms with Crippen molar-refractivity contribution in [3.05, 3.63) is 70.0 Å². The largest absolute Gasteiger partial charge is 0.452 e. The summed E-state index contributed by atoms with van der Waals surface area (Å²) >= 11 is 0. The van der Waals surface area contributed by atoms with Crippen LogP contribution in [0.5, 0.6) is 0 Å². The quantitative estimate of drug-likeness (QED) is 0.381. The first-order valence-corrected chi connectivity index (χ1v) is 8.98. The fourth-order valence-corrected chi connectivity index (χ4v) is 3.33. The minimum absolute atomic E-state index is 0.0103. The lowest BCUT2D eigenvalue weighted by atomic mass is 10.0. The van der Waals surface area contributed by atoms with Crippen LogP contribution in [0, 0.1) is 10.1 Å². The molecule has 1 amide bonds. The van der Waals surface area contributed by atoms with Gasteiger partial charge in [-0.25, -0.2) is 4.79 Å². The van der Waals surface area contributed by atoms with Crippen molar-refractivity contribution < 1.29 is 19.2 Å². The standard InChI is InChI=1S/C20H16N4O5/c25-19(23-9-1-2-13-10-15(24(27)28)4-6-18(13)23)12-29-20(26)14-3-5-16-17(11-14)22-8-7-21-16/h3-8,10-11H,1-2,9,12H2. The van der Waals surface area contributed by atoms with E-state index in [0.717, 1.165) is 5.56 Å². The molecule has 0 aliphatic carbocycles. The Labute approximate surface area is 165 Å². The average molecular weight is 392 g/mol. The van der Waals surface area contributed by atoms with Crippen molar-refractivity contribution in [2.75, 3.05) is 18.1 Å². The zero-order chi connectivity index (χ0) is 20.4. The van der Waals surface area contributed by atoms with E-state index >= 15 is 0 Å². The number of benzene rings is 2. The minimum Gasteiger partial charge on any atom is -0.452 e. The van der Waals surface area contributed by atoms with E-state index in [2.05, 4.69) is 9.97 Å². The van der Waals surface area contributed by atoms with Crippen LogP contribution in [0.3, 0.4) is 0 Å². The van der Waals surface area contributed by atoms with Crippen LogP contribution < -0.4 is 4.90 Å². The predicted octanol–water partition coefficient (Wildman–Crippen LogP) is 2.67. The summed E-state index contributed by atoms with van der Waals surface area (Å²) < 4.78 is 5.18. The number of nitro groups is 1. The van der Waals surface area contributed by atoms with Crippen LogP contribution in [0.25, 0.3) is 11.0 Å². The van der Waals surface area contributed by atoms with Gasteiger partial charge in [-0.15, -0.1) is 0 Å². The molecular formula is C20H16N4O5. The number of aromatic nitrogens is 2. The van der Waals surface area contributed by atoms with Gasteiger partial charge in [-0.2, -0.15) is 0 Å². The summed E-state index contributed by atoms with van der Waals surface area (Å²) in [4.78, 5) is 45.2. The number of esters is 1. The topological polar surface area (TPSA) is 116 Å². The van der Waals surface area contributed by atoms with Crippen LogP contribution in [0.4, 0.5) is 11.4 Å². The molecule has 9 nitrogen and oxygen atoms in total. The van der Waals surface area contributed by atoms with Gasteiger partial charge in [-0.05, 0) is 42.7 Å². The third-order valence-electron chi connectivity index (χ3n) is 4.73. The smallest absolute Gasteiger partial charge is 0.338 e. The molecule has 0 saturated heterocycles. The Morgan fingerprint density at radius 3 is 2.69 bits per heavy atom. The number of anilines is 1. The van der Waals surface area contributed by atoms with Crippen LogP contribution in [0.1, 0.15) is 22.3 Å². The van der Waals surface area contributed by atoms with Gasteiger partial charge < -0.3 is 9.64 Å². The second-order valence-corrected chi connectivity index (χ2v) is 6.56. The highest BCUT2D eigenvalue weighted by Crippen LogP contribution is 2.30. The molecule has 2 aromatic carbocycles. The first kappa shape index (κ1) is 18.5. The molecule has 29 heavy (non-hydrogen) atoms. The normalized spacial score (nSPS) is 13.0. The molecule has 3 aromatic rings. The van der Waals surface area contributed by atoms with Crippen molar-refractivity contribution >= 4 is 34.3 Å². The van der Waals surface area contributed by atoms with Gasteiger partial charge in [-0.3, -0.25) is 24.9 Å². The second-order valence-electron chi connectivity index (χ2n) is 6.56. The molecule has 0 fully saturated rings. The lowest BCUT2D eigenvalue weighted by Crippen LogP contribution is -2.38. The maximum absolute atomic E-state index is 12.6. The third kappa shape index (κ3) is 3.75. The lowest BCUT2D eigenvalue weighted by Gasteiger charge is -2.29. The second kappa shape index (κ2) is 7.63. The van der Waals surface area contributed by atoms with E-state index in [9.17, 15) is 19.7 Å². The average Bonchev–Trinajstić information content (AvgIpc) is 2.76. The van der Waals surface area contributed by atoms with Crippen molar-refractivity contribution in [3.63, 3.8) is 0 Å². The molecule has 2 heterocycles. The molecule has 146 valence electrons. The number of nitro benzene ring substituents is 1. The molecule has 0 N–H and O–H groups in total. The van der Waals surface area contributed by atoms with Crippen molar-refractivity contribution in [2.45, 2.75) is 12.8 Å². The molecule has 0 radical (unpaired) electrons. The van der Waals surface area contributed by atoms with Gasteiger partial charge in [-0.1, -0.05) is 0 Å². The van der Waals surface area contributed by atoms with Crippen molar-refractivity contribution in [1.82, 2.24) is 9.97 Å². The van der Waals surface area contributed by atoms with Crippen molar-refractivity contribution in [2.24, 2.45) is 0 Å². The summed E-state index contributed by atoms with van der Waals surface area (Å²) in [7, 11) is 0. The molecule has 0 unspecified atom stereocenters. The van der Waals surface area contributed by atoms with Gasteiger partial charge in [0.05, 0.1) is 21.5 Å². The number of carbonyl (C=O) groups excluding carboxylic acids is 2. The Kier molecular flexibility index (Phi) is 4.86. The minimum atomic E-state index is -0.633. The zero-order valence-corrected chi connectivity index (χ0v) is 15.3. The number of hydrogen-bond donors (Lipinski definition) is 0. The van der Waals surface area contributed by atoms with Crippen LogP contribution in [-0.2, 0) is 16.0 Å². The number of carbonyl (C=O) groups is 2. The molecule has 0 atom stereocenters. The molecular weight excluding hydrogens is 376 g/mol. The van der Waals surface area contributed by atoms with Crippen LogP contribution in [0.2, 0.25) is 0 Å². The summed E-state index contributed by atoms with van der Waals surface area (Å²) in [5.74, 6) is -1.01. The van der Waals surface area contributed by atoms with Gasteiger partial charge in [0.25, 0.3) is 11.6 Å². The summed E-state index contributed by atoms with van der Waals surface area (Å²) in [6, 6.07) is 9.20. The fourth-order valence-electron chi connectivity index (χ4n) is 3.33. The maximum atomic E-state index is 12.6. The van der Waals surface area contributed by atoms with Crippen LogP contribution in [-0.4, -0.2) is 39.9 Å². The number of fused-ring (bicyclic) bond motifs is 2. The first-order valence-electron chi connectivity index (χ1n) is 8.98. The van der Waals surface area contributed by atoms with E-state index < -0.39 is 17.5 Å². The van der Waals surface area contributed by atoms with Crippen LogP contribution in [0.15, 0.2) is 48.8 Å². The highest BCUT2D eigenvalue weighted by molar-refractivity contribution is 5.99.